The van der Waals surface area contributed by atoms with E-state index in [0.29, 0.717) is 30.8 Å². The van der Waals surface area contributed by atoms with Crippen LogP contribution in [-0.2, 0) is 24.2 Å². The molecule has 0 aliphatic rings. The van der Waals surface area contributed by atoms with Gasteiger partial charge in [0.15, 0.2) is 0 Å². The number of carbonyl (C=O) groups is 1. The molecule has 0 unspecified atom stereocenters. The summed E-state index contributed by atoms with van der Waals surface area (Å²) in [6.07, 6.45) is 5.56. The quantitative estimate of drug-likeness (QED) is 0.656. The van der Waals surface area contributed by atoms with E-state index in [-0.39, 0.29) is 5.91 Å². The minimum atomic E-state index is 0.0334. The highest BCUT2D eigenvalue weighted by Gasteiger charge is 2.07. The number of imidazole rings is 1. The lowest BCUT2D eigenvalue weighted by Gasteiger charge is -2.09. The smallest absolute Gasteiger partial charge is 0.220 e. The predicted octanol–water partition coefficient (Wildman–Crippen LogP) is 3.88. The molecule has 4 nitrogen and oxygen atoms in total. The molecular weight excluding hydrogens is 346 g/mol. The van der Waals surface area contributed by atoms with Gasteiger partial charge in [-0.2, -0.15) is 0 Å². The molecule has 1 aromatic heterocycles. The van der Waals surface area contributed by atoms with Crippen LogP contribution >= 0.6 is 11.6 Å². The van der Waals surface area contributed by atoms with Crippen molar-refractivity contribution in [3.05, 3.63) is 89.0 Å². The molecule has 2 aromatic carbocycles. The lowest BCUT2D eigenvalue weighted by Crippen LogP contribution is -2.26. The van der Waals surface area contributed by atoms with Gasteiger partial charge in [0, 0.05) is 43.3 Å². The fraction of sp³-hybridized carbons (Fsp3) is 0.238. The third-order valence-electron chi connectivity index (χ3n) is 4.25. The minimum Gasteiger partial charge on any atom is -0.356 e. The molecule has 3 rings (SSSR count). The molecule has 1 N–H and O–H groups in total. The summed E-state index contributed by atoms with van der Waals surface area (Å²) in [5.41, 5.74) is 2.23. The van der Waals surface area contributed by atoms with E-state index < -0.39 is 0 Å². The number of nitrogens with one attached hydrogen (secondary N) is 1. The number of hydrogen-bond donors (Lipinski definition) is 1. The first kappa shape index (κ1) is 18.2. The molecule has 1 amide bonds. The summed E-state index contributed by atoms with van der Waals surface area (Å²) in [4.78, 5) is 16.5. The maximum Gasteiger partial charge on any atom is 0.220 e. The van der Waals surface area contributed by atoms with Crippen molar-refractivity contribution in [1.82, 2.24) is 14.9 Å². The Hall–Kier alpha value is -2.59. The summed E-state index contributed by atoms with van der Waals surface area (Å²) in [7, 11) is 0. The fourth-order valence-electron chi connectivity index (χ4n) is 2.84. The van der Waals surface area contributed by atoms with Crippen LogP contribution in [0.3, 0.4) is 0 Å². The monoisotopic (exact) mass is 367 g/mol. The van der Waals surface area contributed by atoms with Gasteiger partial charge in [-0.15, -0.1) is 0 Å². The first-order valence-electron chi connectivity index (χ1n) is 8.76. The van der Waals surface area contributed by atoms with Gasteiger partial charge in [0.25, 0.3) is 0 Å². The van der Waals surface area contributed by atoms with Crippen molar-refractivity contribution in [2.75, 3.05) is 6.54 Å². The molecular formula is C21H22ClN3O. The Morgan fingerprint density at radius 2 is 1.81 bits per heavy atom. The first-order valence-corrected chi connectivity index (χ1v) is 9.14. The number of benzene rings is 2. The number of carbonyl (C=O) groups excluding carboxylic acids is 1. The van der Waals surface area contributed by atoms with Crippen LogP contribution in [0.15, 0.2) is 67.0 Å². The lowest BCUT2D eigenvalue weighted by atomic mass is 10.1. The molecule has 0 saturated heterocycles. The molecule has 0 radical (unpaired) electrons. The number of aryl methyl sites for hydroxylation is 1. The Morgan fingerprint density at radius 3 is 2.62 bits per heavy atom. The Bertz CT molecular complexity index is 845. The average molecular weight is 368 g/mol. The second-order valence-corrected chi connectivity index (χ2v) is 6.56. The number of aromatic nitrogens is 2. The largest absolute Gasteiger partial charge is 0.356 e. The molecule has 26 heavy (non-hydrogen) atoms. The van der Waals surface area contributed by atoms with Gasteiger partial charge in [-0.3, -0.25) is 4.79 Å². The normalized spacial score (nSPS) is 10.7. The molecule has 0 aliphatic heterocycles. The number of amides is 1. The van der Waals surface area contributed by atoms with Crippen LogP contribution in [0.25, 0.3) is 0 Å². The second-order valence-electron chi connectivity index (χ2n) is 6.15. The van der Waals surface area contributed by atoms with E-state index in [1.54, 1.807) is 6.20 Å². The maximum absolute atomic E-state index is 12.1. The second kappa shape index (κ2) is 9.20. The molecule has 0 fully saturated rings. The van der Waals surface area contributed by atoms with E-state index in [1.165, 1.54) is 5.56 Å². The third-order valence-corrected chi connectivity index (χ3v) is 4.62. The van der Waals surface area contributed by atoms with Gasteiger partial charge in [-0.05, 0) is 23.6 Å². The Kier molecular flexibility index (Phi) is 6.45. The first-order chi connectivity index (χ1) is 12.7. The standard InChI is InChI=1S/C21H22ClN3O/c22-19-9-5-4-8-18(19)10-11-21(26)24-13-12-20-23-14-15-25(20)16-17-6-2-1-3-7-17/h1-9,14-15H,10-13,16H2,(H,24,26). The van der Waals surface area contributed by atoms with Crippen molar-refractivity contribution in [2.45, 2.75) is 25.8 Å². The predicted molar refractivity (Wildman–Crippen MR) is 104 cm³/mol. The van der Waals surface area contributed by atoms with Gasteiger partial charge < -0.3 is 9.88 Å². The number of rotatable bonds is 8. The van der Waals surface area contributed by atoms with Crippen molar-refractivity contribution >= 4 is 17.5 Å². The van der Waals surface area contributed by atoms with Gasteiger partial charge in [0.05, 0.1) is 0 Å². The molecule has 0 atom stereocenters. The van der Waals surface area contributed by atoms with Crippen LogP contribution in [0.5, 0.6) is 0 Å². The molecule has 3 aromatic rings. The van der Waals surface area contributed by atoms with Crippen LogP contribution < -0.4 is 5.32 Å². The third kappa shape index (κ3) is 5.20. The SMILES string of the molecule is O=C(CCc1ccccc1Cl)NCCc1nccn1Cc1ccccc1. The van der Waals surface area contributed by atoms with E-state index >= 15 is 0 Å². The van der Waals surface area contributed by atoms with Gasteiger partial charge in [-0.25, -0.2) is 4.98 Å². The highest BCUT2D eigenvalue weighted by molar-refractivity contribution is 6.31. The topological polar surface area (TPSA) is 46.9 Å². The zero-order chi connectivity index (χ0) is 18.2. The van der Waals surface area contributed by atoms with Crippen molar-refractivity contribution < 1.29 is 4.79 Å². The Labute approximate surface area is 158 Å². The average Bonchev–Trinajstić information content (AvgIpc) is 3.09. The summed E-state index contributed by atoms with van der Waals surface area (Å²) in [6.45, 7) is 1.36. The van der Waals surface area contributed by atoms with Crippen LogP contribution in [-0.4, -0.2) is 22.0 Å². The molecule has 0 aliphatic carbocycles. The summed E-state index contributed by atoms with van der Waals surface area (Å²) in [5.74, 6) is 1.01. The summed E-state index contributed by atoms with van der Waals surface area (Å²) in [5, 5.41) is 3.68. The van der Waals surface area contributed by atoms with Crippen molar-refractivity contribution in [3.63, 3.8) is 0 Å². The van der Waals surface area contributed by atoms with Crippen molar-refractivity contribution in [3.8, 4) is 0 Å². The van der Waals surface area contributed by atoms with E-state index in [4.69, 9.17) is 11.6 Å². The lowest BCUT2D eigenvalue weighted by molar-refractivity contribution is -0.121. The molecule has 134 valence electrons. The van der Waals surface area contributed by atoms with Gasteiger partial charge in [-0.1, -0.05) is 60.1 Å². The Morgan fingerprint density at radius 1 is 1.04 bits per heavy atom. The van der Waals surface area contributed by atoms with Gasteiger partial charge in [0.2, 0.25) is 5.91 Å². The van der Waals surface area contributed by atoms with Crippen LogP contribution in [0, 0.1) is 0 Å². The highest BCUT2D eigenvalue weighted by Crippen LogP contribution is 2.16. The molecule has 0 saturated carbocycles. The van der Waals surface area contributed by atoms with E-state index in [0.717, 1.165) is 17.9 Å². The summed E-state index contributed by atoms with van der Waals surface area (Å²) >= 11 is 6.12. The van der Waals surface area contributed by atoms with E-state index in [9.17, 15) is 4.79 Å². The zero-order valence-corrected chi connectivity index (χ0v) is 15.3. The van der Waals surface area contributed by atoms with E-state index in [2.05, 4.69) is 27.0 Å². The van der Waals surface area contributed by atoms with Crippen LogP contribution in [0.1, 0.15) is 23.4 Å². The van der Waals surface area contributed by atoms with Crippen LogP contribution in [0.4, 0.5) is 0 Å². The zero-order valence-electron chi connectivity index (χ0n) is 14.6. The van der Waals surface area contributed by atoms with Gasteiger partial charge in [0.1, 0.15) is 5.82 Å². The van der Waals surface area contributed by atoms with Crippen molar-refractivity contribution in [1.29, 1.82) is 0 Å². The number of nitrogens with zero attached hydrogens (tertiary/aromatic N) is 2. The number of hydrogen-bond acceptors (Lipinski definition) is 2. The minimum absolute atomic E-state index is 0.0334. The maximum atomic E-state index is 12.1. The van der Waals surface area contributed by atoms with Gasteiger partial charge >= 0.3 is 0 Å². The number of halogens is 1. The van der Waals surface area contributed by atoms with Crippen LogP contribution in [0.2, 0.25) is 5.02 Å². The molecule has 0 spiro atoms. The molecule has 0 bridgehead atoms. The highest BCUT2D eigenvalue weighted by atomic mass is 35.5. The summed E-state index contributed by atoms with van der Waals surface area (Å²) in [6, 6.07) is 17.9. The molecule has 5 heteroatoms. The molecule has 1 heterocycles. The summed E-state index contributed by atoms with van der Waals surface area (Å²) < 4.78 is 2.12. The fourth-order valence-corrected chi connectivity index (χ4v) is 3.07. The van der Waals surface area contributed by atoms with Crippen molar-refractivity contribution in [2.24, 2.45) is 0 Å². The Balaban J connectivity index is 1.44. The van der Waals surface area contributed by atoms with E-state index in [1.807, 2.05) is 48.7 Å².